The summed E-state index contributed by atoms with van der Waals surface area (Å²) < 4.78 is 25.6. The summed E-state index contributed by atoms with van der Waals surface area (Å²) in [6.45, 7) is 0. The molecule has 15 heavy (non-hydrogen) atoms. The van der Waals surface area contributed by atoms with Crippen molar-refractivity contribution in [1.29, 1.82) is 0 Å². The molecule has 0 saturated carbocycles. The van der Waals surface area contributed by atoms with Gasteiger partial charge in [0.2, 0.25) is 0 Å². The van der Waals surface area contributed by atoms with Gasteiger partial charge in [-0.25, -0.2) is 13.8 Å². The van der Waals surface area contributed by atoms with E-state index in [0.717, 1.165) is 17.3 Å². The highest BCUT2D eigenvalue weighted by Crippen LogP contribution is 2.25. The Kier molecular flexibility index (Phi) is 2.64. The molecule has 0 aliphatic rings. The molecule has 0 aliphatic carbocycles. The second-order valence-corrected chi connectivity index (χ2v) is 3.77. The minimum atomic E-state index is -0.855. The van der Waals surface area contributed by atoms with Gasteiger partial charge in [-0.05, 0) is 18.2 Å². The fourth-order valence-electron chi connectivity index (χ4n) is 1.18. The molecule has 0 fully saturated rings. The number of nitrogens with one attached hydrogen (secondary N) is 1. The van der Waals surface area contributed by atoms with E-state index >= 15 is 0 Å². The Hall–Kier alpha value is -1.49. The largest absolute Gasteiger partial charge is 0.365 e. The lowest BCUT2D eigenvalue weighted by molar-refractivity contribution is 0.509. The Balaban J connectivity index is 2.40. The van der Waals surface area contributed by atoms with Crippen LogP contribution >= 0.6 is 11.3 Å². The zero-order valence-electron chi connectivity index (χ0n) is 7.92. The van der Waals surface area contributed by atoms with Gasteiger partial charge >= 0.3 is 0 Å². The van der Waals surface area contributed by atoms with Crippen LogP contribution in [0.5, 0.6) is 0 Å². The van der Waals surface area contributed by atoms with Crippen molar-refractivity contribution in [2.24, 2.45) is 0 Å². The molecule has 0 spiro atoms. The van der Waals surface area contributed by atoms with Gasteiger partial charge < -0.3 is 5.32 Å². The Morgan fingerprint density at radius 3 is 2.67 bits per heavy atom. The van der Waals surface area contributed by atoms with Gasteiger partial charge in [0.05, 0.1) is 5.69 Å². The number of rotatable bonds is 2. The van der Waals surface area contributed by atoms with Crippen LogP contribution in [0.1, 0.15) is 0 Å². The van der Waals surface area contributed by atoms with Gasteiger partial charge in [-0.2, -0.15) is 0 Å². The average Bonchev–Trinajstić information content (AvgIpc) is 2.70. The SMILES string of the molecule is CNc1nc(-c2ccc(F)c(F)c2)cs1. The van der Waals surface area contributed by atoms with Gasteiger partial charge in [0.1, 0.15) is 0 Å². The van der Waals surface area contributed by atoms with Crippen molar-refractivity contribution in [2.75, 3.05) is 12.4 Å². The van der Waals surface area contributed by atoms with Crippen LogP contribution in [0.25, 0.3) is 11.3 Å². The number of anilines is 1. The van der Waals surface area contributed by atoms with E-state index in [4.69, 9.17) is 0 Å². The minimum absolute atomic E-state index is 0.576. The number of halogens is 2. The first-order valence-corrected chi connectivity index (χ1v) is 5.17. The van der Waals surface area contributed by atoms with Crippen LogP contribution in [0, 0.1) is 11.6 Å². The molecule has 2 rings (SSSR count). The van der Waals surface area contributed by atoms with Crippen LogP contribution in [0.15, 0.2) is 23.6 Å². The molecule has 0 atom stereocenters. The van der Waals surface area contributed by atoms with Crippen LogP contribution in [-0.2, 0) is 0 Å². The Morgan fingerprint density at radius 1 is 1.27 bits per heavy atom. The Labute approximate surface area is 89.6 Å². The summed E-state index contributed by atoms with van der Waals surface area (Å²) in [7, 11) is 1.76. The molecule has 1 aromatic carbocycles. The fourth-order valence-corrected chi connectivity index (χ4v) is 1.86. The zero-order chi connectivity index (χ0) is 10.8. The van der Waals surface area contributed by atoms with Crippen molar-refractivity contribution in [1.82, 2.24) is 4.98 Å². The quantitative estimate of drug-likeness (QED) is 0.851. The van der Waals surface area contributed by atoms with E-state index in [1.807, 2.05) is 0 Å². The monoisotopic (exact) mass is 226 g/mol. The number of hydrogen-bond acceptors (Lipinski definition) is 3. The van der Waals surface area contributed by atoms with E-state index in [2.05, 4.69) is 10.3 Å². The molecule has 2 aromatic rings. The summed E-state index contributed by atoms with van der Waals surface area (Å²) >= 11 is 1.42. The predicted octanol–water partition coefficient (Wildman–Crippen LogP) is 3.13. The molecule has 5 heteroatoms. The number of aromatic nitrogens is 1. The topological polar surface area (TPSA) is 24.9 Å². The van der Waals surface area contributed by atoms with Crippen LogP contribution in [0.3, 0.4) is 0 Å². The van der Waals surface area contributed by atoms with Gasteiger partial charge in [0.15, 0.2) is 16.8 Å². The van der Waals surface area contributed by atoms with Crippen molar-refractivity contribution in [3.8, 4) is 11.3 Å². The van der Waals surface area contributed by atoms with Gasteiger partial charge in [0.25, 0.3) is 0 Å². The van der Waals surface area contributed by atoms with Crippen molar-refractivity contribution in [3.63, 3.8) is 0 Å². The van der Waals surface area contributed by atoms with E-state index in [1.54, 1.807) is 12.4 Å². The maximum absolute atomic E-state index is 12.9. The van der Waals surface area contributed by atoms with Gasteiger partial charge in [0, 0.05) is 18.0 Å². The standard InChI is InChI=1S/C10H8F2N2S/c1-13-10-14-9(5-15-10)6-2-3-7(11)8(12)4-6/h2-5H,1H3,(H,13,14). The molecule has 0 saturated heterocycles. The van der Waals surface area contributed by atoms with Crippen molar-refractivity contribution in [2.45, 2.75) is 0 Å². The lowest BCUT2D eigenvalue weighted by atomic mass is 10.2. The summed E-state index contributed by atoms with van der Waals surface area (Å²) in [4.78, 5) is 4.19. The lowest BCUT2D eigenvalue weighted by Crippen LogP contribution is -1.88. The molecule has 0 amide bonds. The number of hydrogen-bond donors (Lipinski definition) is 1. The lowest BCUT2D eigenvalue weighted by Gasteiger charge is -1.97. The van der Waals surface area contributed by atoms with Gasteiger partial charge in [-0.1, -0.05) is 0 Å². The van der Waals surface area contributed by atoms with E-state index in [0.29, 0.717) is 11.3 Å². The highest BCUT2D eigenvalue weighted by atomic mass is 32.1. The first kappa shape index (κ1) is 10.0. The average molecular weight is 226 g/mol. The molecule has 78 valence electrons. The van der Waals surface area contributed by atoms with Crippen molar-refractivity contribution >= 4 is 16.5 Å². The van der Waals surface area contributed by atoms with Crippen LogP contribution < -0.4 is 5.32 Å². The number of benzene rings is 1. The number of thiazole rings is 1. The van der Waals surface area contributed by atoms with E-state index in [9.17, 15) is 8.78 Å². The zero-order valence-corrected chi connectivity index (χ0v) is 8.74. The third-order valence-electron chi connectivity index (χ3n) is 1.93. The molecule has 0 radical (unpaired) electrons. The Morgan fingerprint density at radius 2 is 2.07 bits per heavy atom. The molecular weight excluding hydrogens is 218 g/mol. The van der Waals surface area contributed by atoms with Crippen LogP contribution in [-0.4, -0.2) is 12.0 Å². The summed E-state index contributed by atoms with van der Waals surface area (Å²) in [6, 6.07) is 3.75. The smallest absolute Gasteiger partial charge is 0.182 e. The highest BCUT2D eigenvalue weighted by Gasteiger charge is 2.07. The maximum Gasteiger partial charge on any atom is 0.182 e. The highest BCUT2D eigenvalue weighted by molar-refractivity contribution is 7.14. The Bertz CT molecular complexity index is 482. The van der Waals surface area contributed by atoms with Crippen molar-refractivity contribution < 1.29 is 8.78 Å². The van der Waals surface area contributed by atoms with E-state index in [-0.39, 0.29) is 0 Å². The van der Waals surface area contributed by atoms with Crippen LogP contribution in [0.2, 0.25) is 0 Å². The maximum atomic E-state index is 12.9. The first-order chi connectivity index (χ1) is 7.20. The molecule has 1 aromatic heterocycles. The van der Waals surface area contributed by atoms with E-state index < -0.39 is 11.6 Å². The van der Waals surface area contributed by atoms with E-state index in [1.165, 1.54) is 17.4 Å². The molecule has 0 bridgehead atoms. The molecular formula is C10H8F2N2S. The second-order valence-electron chi connectivity index (χ2n) is 2.92. The molecule has 1 heterocycles. The third-order valence-corrected chi connectivity index (χ3v) is 2.79. The third kappa shape index (κ3) is 1.97. The first-order valence-electron chi connectivity index (χ1n) is 4.29. The molecule has 1 N–H and O–H groups in total. The normalized spacial score (nSPS) is 10.3. The molecule has 0 unspecified atom stereocenters. The summed E-state index contributed by atoms with van der Waals surface area (Å²) in [5, 5.41) is 5.42. The van der Waals surface area contributed by atoms with Gasteiger partial charge in [-0.15, -0.1) is 11.3 Å². The second kappa shape index (κ2) is 3.94. The predicted molar refractivity (Wildman–Crippen MR) is 57.0 cm³/mol. The van der Waals surface area contributed by atoms with Crippen LogP contribution in [0.4, 0.5) is 13.9 Å². The summed E-state index contributed by atoms with van der Waals surface area (Å²) in [5.41, 5.74) is 1.22. The number of nitrogens with zero attached hydrogens (tertiary/aromatic N) is 1. The summed E-state index contributed by atoms with van der Waals surface area (Å²) in [6.07, 6.45) is 0. The molecule has 0 aliphatic heterocycles. The minimum Gasteiger partial charge on any atom is -0.365 e. The van der Waals surface area contributed by atoms with Crippen molar-refractivity contribution in [3.05, 3.63) is 35.2 Å². The van der Waals surface area contributed by atoms with Gasteiger partial charge in [-0.3, -0.25) is 0 Å². The molecule has 2 nitrogen and oxygen atoms in total. The fraction of sp³-hybridized carbons (Fsp3) is 0.100. The summed E-state index contributed by atoms with van der Waals surface area (Å²) in [5.74, 6) is -1.70.